The Morgan fingerprint density at radius 3 is 2.39 bits per heavy atom. The first-order valence-electron chi connectivity index (χ1n) is 6.05. The Morgan fingerprint density at radius 1 is 1.39 bits per heavy atom. The zero-order chi connectivity index (χ0) is 13.8. The lowest BCUT2D eigenvalue weighted by molar-refractivity contribution is 0.296. The lowest BCUT2D eigenvalue weighted by Gasteiger charge is -2.30. The Morgan fingerprint density at radius 2 is 1.94 bits per heavy atom. The smallest absolute Gasteiger partial charge is 0.279 e. The van der Waals surface area contributed by atoms with E-state index in [4.69, 9.17) is 10.9 Å². The van der Waals surface area contributed by atoms with Crippen molar-refractivity contribution in [2.75, 3.05) is 14.1 Å². The van der Waals surface area contributed by atoms with Crippen LogP contribution >= 0.6 is 0 Å². The van der Waals surface area contributed by atoms with Gasteiger partial charge in [0.1, 0.15) is 0 Å². The maximum Gasteiger partial charge on any atom is 0.279 e. The molecule has 1 atom stereocenters. The summed E-state index contributed by atoms with van der Waals surface area (Å²) in [6.45, 7) is 0. The number of rotatable bonds is 5. The second kappa shape index (κ2) is 6.35. The fourth-order valence-corrected chi connectivity index (χ4v) is 3.04. The molecular weight excluding hydrogens is 256 g/mol. The monoisotopic (exact) mass is 278 g/mol. The van der Waals surface area contributed by atoms with Crippen LogP contribution in [-0.2, 0) is 10.2 Å². The lowest BCUT2D eigenvalue weighted by Crippen LogP contribution is -2.52. The van der Waals surface area contributed by atoms with Gasteiger partial charge in [0, 0.05) is 14.1 Å². The van der Waals surface area contributed by atoms with Crippen LogP contribution in [0.15, 0.2) is 5.16 Å². The molecule has 0 aliphatic heterocycles. The predicted molar refractivity (Wildman–Crippen MR) is 69.5 cm³/mol. The molecular formula is C10H22N4O3S. The highest BCUT2D eigenvalue weighted by molar-refractivity contribution is 7.87. The van der Waals surface area contributed by atoms with Crippen LogP contribution in [0.25, 0.3) is 0 Å². The zero-order valence-electron chi connectivity index (χ0n) is 10.8. The molecule has 0 aromatic carbocycles. The van der Waals surface area contributed by atoms with E-state index in [9.17, 15) is 8.42 Å². The Kier molecular flexibility index (Phi) is 5.36. The maximum absolute atomic E-state index is 11.8. The summed E-state index contributed by atoms with van der Waals surface area (Å²) in [6, 6.07) is -0.636. The van der Waals surface area contributed by atoms with E-state index in [0.717, 1.165) is 36.4 Å². The quantitative estimate of drug-likeness (QED) is 0.286. The highest BCUT2D eigenvalue weighted by atomic mass is 32.2. The molecule has 7 nitrogen and oxygen atoms in total. The molecule has 8 heteroatoms. The number of hydrogen-bond acceptors (Lipinski definition) is 4. The summed E-state index contributed by atoms with van der Waals surface area (Å²) >= 11 is 0. The molecule has 18 heavy (non-hydrogen) atoms. The van der Waals surface area contributed by atoms with E-state index < -0.39 is 16.3 Å². The van der Waals surface area contributed by atoms with Gasteiger partial charge in [-0.2, -0.15) is 17.4 Å². The molecule has 1 unspecified atom stereocenters. The minimum atomic E-state index is -3.59. The van der Waals surface area contributed by atoms with Gasteiger partial charge >= 0.3 is 0 Å². The third-order valence-electron chi connectivity index (χ3n) is 3.31. The molecule has 0 radical (unpaired) electrons. The SMILES string of the molecule is CN(C)S(=O)(=O)NC(/C(N)=N/O)C1CCCCC1. The van der Waals surface area contributed by atoms with Gasteiger partial charge in [-0.3, -0.25) is 0 Å². The molecule has 106 valence electrons. The molecule has 0 bridgehead atoms. The molecule has 1 rings (SSSR count). The first kappa shape index (κ1) is 15.2. The van der Waals surface area contributed by atoms with Crippen LogP contribution < -0.4 is 10.5 Å². The van der Waals surface area contributed by atoms with E-state index in [2.05, 4.69) is 9.88 Å². The summed E-state index contributed by atoms with van der Waals surface area (Å²) in [5.74, 6) is 0.0108. The Balaban J connectivity index is 2.85. The van der Waals surface area contributed by atoms with Crippen molar-refractivity contribution in [1.82, 2.24) is 9.03 Å². The van der Waals surface area contributed by atoms with Crippen LogP contribution in [0.5, 0.6) is 0 Å². The molecule has 1 aliphatic rings. The molecule has 1 aliphatic carbocycles. The Labute approximate surface area is 108 Å². The van der Waals surface area contributed by atoms with Gasteiger partial charge in [0.2, 0.25) is 0 Å². The lowest BCUT2D eigenvalue weighted by atomic mass is 9.84. The van der Waals surface area contributed by atoms with Crippen LogP contribution in [0.2, 0.25) is 0 Å². The Bertz CT molecular complexity index is 388. The number of amidine groups is 1. The van der Waals surface area contributed by atoms with E-state index in [1.165, 1.54) is 14.1 Å². The second-order valence-electron chi connectivity index (χ2n) is 4.81. The molecule has 0 saturated heterocycles. The number of nitrogens with one attached hydrogen (secondary N) is 1. The zero-order valence-corrected chi connectivity index (χ0v) is 11.7. The van der Waals surface area contributed by atoms with Gasteiger partial charge in [-0.25, -0.2) is 0 Å². The van der Waals surface area contributed by atoms with Crippen LogP contribution in [0.1, 0.15) is 32.1 Å². The highest BCUT2D eigenvalue weighted by Crippen LogP contribution is 2.27. The first-order chi connectivity index (χ1) is 8.38. The maximum atomic E-state index is 11.8. The molecule has 0 amide bonds. The van der Waals surface area contributed by atoms with Crippen LogP contribution in [0.3, 0.4) is 0 Å². The van der Waals surface area contributed by atoms with Crippen LogP contribution in [0, 0.1) is 5.92 Å². The molecule has 0 aromatic rings. The van der Waals surface area contributed by atoms with Crippen molar-refractivity contribution in [2.24, 2.45) is 16.8 Å². The predicted octanol–water partition coefficient (Wildman–Crippen LogP) is 0.0777. The fraction of sp³-hybridized carbons (Fsp3) is 0.900. The van der Waals surface area contributed by atoms with E-state index in [-0.39, 0.29) is 11.8 Å². The van der Waals surface area contributed by atoms with E-state index in [0.29, 0.717) is 0 Å². The first-order valence-corrected chi connectivity index (χ1v) is 7.49. The number of nitrogens with two attached hydrogens (primary N) is 1. The van der Waals surface area contributed by atoms with Crippen molar-refractivity contribution in [3.05, 3.63) is 0 Å². The van der Waals surface area contributed by atoms with Gasteiger partial charge in [-0.05, 0) is 18.8 Å². The van der Waals surface area contributed by atoms with Gasteiger partial charge in [0.05, 0.1) is 6.04 Å². The van der Waals surface area contributed by atoms with Gasteiger partial charge in [0.15, 0.2) is 5.84 Å². The van der Waals surface area contributed by atoms with Crippen LogP contribution in [0.4, 0.5) is 0 Å². The largest absolute Gasteiger partial charge is 0.409 e. The van der Waals surface area contributed by atoms with Gasteiger partial charge in [-0.1, -0.05) is 24.4 Å². The standard InChI is InChI=1S/C10H22N4O3S/c1-14(2)18(16,17)13-9(10(11)12-15)8-6-4-3-5-7-8/h8-9,13,15H,3-7H2,1-2H3,(H2,11,12). The molecule has 1 saturated carbocycles. The van der Waals surface area contributed by atoms with Crippen molar-refractivity contribution in [2.45, 2.75) is 38.1 Å². The van der Waals surface area contributed by atoms with E-state index in [1.54, 1.807) is 0 Å². The number of nitrogens with zero attached hydrogens (tertiary/aromatic N) is 2. The van der Waals surface area contributed by atoms with Gasteiger partial charge in [0.25, 0.3) is 10.2 Å². The normalized spacial score (nSPS) is 21.2. The minimum Gasteiger partial charge on any atom is -0.409 e. The summed E-state index contributed by atoms with van der Waals surface area (Å²) in [7, 11) is -0.716. The topological polar surface area (TPSA) is 108 Å². The third kappa shape index (κ3) is 3.82. The van der Waals surface area contributed by atoms with Gasteiger partial charge in [-0.15, -0.1) is 0 Å². The summed E-state index contributed by atoms with van der Waals surface area (Å²) in [6.07, 6.45) is 5.01. The van der Waals surface area contributed by atoms with Crippen molar-refractivity contribution in [3.8, 4) is 0 Å². The molecule has 0 heterocycles. The second-order valence-corrected chi connectivity index (χ2v) is 6.72. The van der Waals surface area contributed by atoms with E-state index >= 15 is 0 Å². The number of oxime groups is 1. The molecule has 0 spiro atoms. The molecule has 0 aromatic heterocycles. The average Bonchev–Trinajstić information content (AvgIpc) is 2.36. The summed E-state index contributed by atoms with van der Waals surface area (Å²) < 4.78 is 27.2. The van der Waals surface area contributed by atoms with E-state index in [1.807, 2.05) is 0 Å². The summed E-state index contributed by atoms with van der Waals surface area (Å²) in [4.78, 5) is 0. The highest BCUT2D eigenvalue weighted by Gasteiger charge is 2.31. The summed E-state index contributed by atoms with van der Waals surface area (Å²) in [5, 5.41) is 11.7. The van der Waals surface area contributed by atoms with Crippen molar-refractivity contribution < 1.29 is 13.6 Å². The minimum absolute atomic E-state index is 0.0766. The van der Waals surface area contributed by atoms with Gasteiger partial charge < -0.3 is 10.9 Å². The van der Waals surface area contributed by atoms with Crippen molar-refractivity contribution in [3.63, 3.8) is 0 Å². The summed E-state index contributed by atoms with van der Waals surface area (Å²) in [5.41, 5.74) is 5.61. The van der Waals surface area contributed by atoms with Crippen molar-refractivity contribution >= 4 is 16.0 Å². The fourth-order valence-electron chi connectivity index (χ4n) is 2.19. The van der Waals surface area contributed by atoms with Crippen LogP contribution in [-0.4, -0.2) is 43.9 Å². The number of hydrogen-bond donors (Lipinski definition) is 3. The Hall–Kier alpha value is -0.860. The molecule has 4 N–H and O–H groups in total. The third-order valence-corrected chi connectivity index (χ3v) is 4.83. The average molecular weight is 278 g/mol. The molecule has 1 fully saturated rings. The van der Waals surface area contributed by atoms with Crippen molar-refractivity contribution in [1.29, 1.82) is 0 Å².